The molecule has 0 bridgehead atoms. The van der Waals surface area contributed by atoms with E-state index >= 15 is 0 Å². The van der Waals surface area contributed by atoms with Crippen molar-refractivity contribution in [3.63, 3.8) is 0 Å². The Bertz CT molecular complexity index is 1170. The molecule has 0 aliphatic heterocycles. The second-order valence-electron chi connectivity index (χ2n) is 7.19. The Balaban J connectivity index is 1.55. The molecule has 29 heavy (non-hydrogen) atoms. The van der Waals surface area contributed by atoms with Crippen LogP contribution in [0.5, 0.6) is 0 Å². The van der Waals surface area contributed by atoms with Gasteiger partial charge in [-0.2, -0.15) is 0 Å². The minimum atomic E-state index is -0.0441. The number of anilines is 1. The first-order chi connectivity index (χ1) is 14.0. The van der Waals surface area contributed by atoms with Crippen molar-refractivity contribution in [1.82, 2.24) is 9.97 Å². The number of rotatable bonds is 4. The average Bonchev–Trinajstić information content (AvgIpc) is 2.74. The van der Waals surface area contributed by atoms with Crippen LogP contribution in [0.25, 0.3) is 33.4 Å². The molecule has 1 heterocycles. The number of amides is 1. The fraction of sp³-hybridized carbons (Fsp3) is 0.125. The Morgan fingerprint density at radius 2 is 1.48 bits per heavy atom. The van der Waals surface area contributed by atoms with Gasteiger partial charge in [0.2, 0.25) is 5.91 Å². The van der Waals surface area contributed by atoms with Crippen molar-refractivity contribution in [2.24, 2.45) is 5.92 Å². The van der Waals surface area contributed by atoms with E-state index in [1.54, 1.807) is 6.20 Å². The summed E-state index contributed by atoms with van der Waals surface area (Å²) in [6.07, 6.45) is 1.76. The largest absolute Gasteiger partial charge is 0.326 e. The molecule has 4 aromatic rings. The number of halogens is 1. The lowest BCUT2D eigenvalue weighted by Crippen LogP contribution is -2.17. The van der Waals surface area contributed by atoms with E-state index in [2.05, 4.69) is 27.4 Å². The van der Waals surface area contributed by atoms with E-state index in [4.69, 9.17) is 11.6 Å². The Morgan fingerprint density at radius 1 is 0.862 bits per heavy atom. The van der Waals surface area contributed by atoms with Crippen LogP contribution in [-0.4, -0.2) is 15.9 Å². The number of benzene rings is 3. The fourth-order valence-corrected chi connectivity index (χ4v) is 3.16. The van der Waals surface area contributed by atoms with Gasteiger partial charge in [-0.3, -0.25) is 9.78 Å². The van der Waals surface area contributed by atoms with Crippen LogP contribution < -0.4 is 5.32 Å². The zero-order valence-electron chi connectivity index (χ0n) is 16.2. The molecule has 1 N–H and O–H groups in total. The molecule has 0 atom stereocenters. The molecule has 0 aliphatic carbocycles. The summed E-state index contributed by atoms with van der Waals surface area (Å²) < 4.78 is 0. The van der Waals surface area contributed by atoms with Gasteiger partial charge in [-0.05, 0) is 41.5 Å². The summed E-state index contributed by atoms with van der Waals surface area (Å²) in [5, 5.41) is 3.56. The monoisotopic (exact) mass is 401 g/mol. The highest BCUT2D eigenvalue weighted by molar-refractivity contribution is 6.31. The molecule has 5 heteroatoms. The summed E-state index contributed by atoms with van der Waals surface area (Å²) in [6, 6.07) is 21.5. The summed E-state index contributed by atoms with van der Waals surface area (Å²) in [5.41, 5.74) is 6.39. The van der Waals surface area contributed by atoms with Gasteiger partial charge < -0.3 is 5.32 Å². The van der Waals surface area contributed by atoms with Crippen molar-refractivity contribution in [3.05, 3.63) is 77.9 Å². The van der Waals surface area contributed by atoms with Gasteiger partial charge in [0.25, 0.3) is 0 Å². The molecule has 4 rings (SSSR count). The van der Waals surface area contributed by atoms with Crippen LogP contribution in [0, 0.1) is 5.92 Å². The van der Waals surface area contributed by atoms with E-state index in [0.717, 1.165) is 39.1 Å². The summed E-state index contributed by atoms with van der Waals surface area (Å²) in [4.78, 5) is 21.0. The summed E-state index contributed by atoms with van der Waals surface area (Å²) >= 11 is 6.01. The van der Waals surface area contributed by atoms with Gasteiger partial charge in [-0.15, -0.1) is 0 Å². The van der Waals surface area contributed by atoms with Crippen molar-refractivity contribution in [2.45, 2.75) is 13.8 Å². The summed E-state index contributed by atoms with van der Waals surface area (Å²) in [6.45, 7) is 3.75. The van der Waals surface area contributed by atoms with Crippen LogP contribution in [0.1, 0.15) is 13.8 Å². The molecule has 1 amide bonds. The highest BCUT2D eigenvalue weighted by atomic mass is 35.5. The molecular formula is C24H20ClN3O. The molecule has 0 fully saturated rings. The molecule has 144 valence electrons. The smallest absolute Gasteiger partial charge is 0.226 e. The van der Waals surface area contributed by atoms with Crippen molar-refractivity contribution >= 4 is 34.2 Å². The normalized spacial score (nSPS) is 11.0. The molecule has 0 radical (unpaired) electrons. The molecule has 0 spiro atoms. The van der Waals surface area contributed by atoms with Gasteiger partial charge in [0.05, 0.1) is 22.9 Å². The van der Waals surface area contributed by atoms with Gasteiger partial charge >= 0.3 is 0 Å². The Kier molecular flexibility index (Phi) is 5.28. The van der Waals surface area contributed by atoms with Crippen LogP contribution in [0.2, 0.25) is 5.02 Å². The average molecular weight is 402 g/mol. The van der Waals surface area contributed by atoms with Crippen LogP contribution in [0.3, 0.4) is 0 Å². The van der Waals surface area contributed by atoms with Crippen LogP contribution in [0.15, 0.2) is 72.9 Å². The highest BCUT2D eigenvalue weighted by Crippen LogP contribution is 2.26. The minimum absolute atomic E-state index is 0.0147. The predicted molar refractivity (Wildman–Crippen MR) is 119 cm³/mol. The van der Waals surface area contributed by atoms with E-state index in [0.29, 0.717) is 5.02 Å². The van der Waals surface area contributed by atoms with Gasteiger partial charge in [0.1, 0.15) is 0 Å². The third-order valence-electron chi connectivity index (χ3n) is 4.70. The van der Waals surface area contributed by atoms with Crippen molar-refractivity contribution in [3.8, 4) is 22.4 Å². The van der Waals surface area contributed by atoms with E-state index in [-0.39, 0.29) is 11.8 Å². The molecule has 3 aromatic carbocycles. The standard InChI is InChI=1S/C24H20ClN3O/c1-15(2)24(29)27-20-10-7-17(8-11-20)16-3-5-18(6-4-16)23-14-26-22-13-19(25)9-12-21(22)28-23/h3-15H,1-2H3,(H,27,29). The van der Waals surface area contributed by atoms with Crippen molar-refractivity contribution in [1.29, 1.82) is 0 Å². The second-order valence-corrected chi connectivity index (χ2v) is 7.62. The molecule has 0 unspecified atom stereocenters. The highest BCUT2D eigenvalue weighted by Gasteiger charge is 2.08. The maximum Gasteiger partial charge on any atom is 0.226 e. The zero-order chi connectivity index (χ0) is 20.4. The Hall–Kier alpha value is -3.24. The Labute approximate surface area is 174 Å². The number of aromatic nitrogens is 2. The fourth-order valence-electron chi connectivity index (χ4n) is 2.99. The molecular weight excluding hydrogens is 382 g/mol. The first-order valence-corrected chi connectivity index (χ1v) is 9.81. The minimum Gasteiger partial charge on any atom is -0.326 e. The number of nitrogens with one attached hydrogen (secondary N) is 1. The number of hydrogen-bond acceptors (Lipinski definition) is 3. The van der Waals surface area contributed by atoms with Crippen LogP contribution in [-0.2, 0) is 4.79 Å². The van der Waals surface area contributed by atoms with Crippen LogP contribution >= 0.6 is 11.6 Å². The number of fused-ring (bicyclic) bond motifs is 1. The third kappa shape index (κ3) is 4.28. The van der Waals surface area contributed by atoms with Crippen LogP contribution in [0.4, 0.5) is 5.69 Å². The molecule has 1 aromatic heterocycles. The first-order valence-electron chi connectivity index (χ1n) is 9.43. The molecule has 4 nitrogen and oxygen atoms in total. The van der Waals surface area contributed by atoms with Gasteiger partial charge in [0.15, 0.2) is 0 Å². The van der Waals surface area contributed by atoms with E-state index in [1.165, 1.54) is 0 Å². The first kappa shape index (κ1) is 19.1. The SMILES string of the molecule is CC(C)C(=O)Nc1ccc(-c2ccc(-c3cnc4cc(Cl)ccc4n3)cc2)cc1. The number of carbonyl (C=O) groups is 1. The summed E-state index contributed by atoms with van der Waals surface area (Å²) in [7, 11) is 0. The molecule has 0 saturated heterocycles. The van der Waals surface area contributed by atoms with E-state index in [9.17, 15) is 4.79 Å². The summed E-state index contributed by atoms with van der Waals surface area (Å²) in [5.74, 6) is -0.0294. The Morgan fingerprint density at radius 3 is 2.14 bits per heavy atom. The lowest BCUT2D eigenvalue weighted by molar-refractivity contribution is -0.118. The molecule has 0 aliphatic rings. The van der Waals surface area contributed by atoms with E-state index in [1.807, 2.05) is 68.4 Å². The lowest BCUT2D eigenvalue weighted by atomic mass is 10.0. The topological polar surface area (TPSA) is 54.9 Å². The predicted octanol–water partition coefficient (Wildman–Crippen LogP) is 6.21. The number of nitrogens with zero attached hydrogens (tertiary/aromatic N) is 2. The number of hydrogen-bond donors (Lipinski definition) is 1. The maximum atomic E-state index is 11.8. The zero-order valence-corrected chi connectivity index (χ0v) is 16.9. The quantitative estimate of drug-likeness (QED) is 0.442. The lowest BCUT2D eigenvalue weighted by Gasteiger charge is -2.09. The van der Waals surface area contributed by atoms with E-state index < -0.39 is 0 Å². The number of carbonyl (C=O) groups excluding carboxylic acids is 1. The second kappa shape index (κ2) is 8.02. The van der Waals surface area contributed by atoms with Gasteiger partial charge in [0, 0.05) is 22.2 Å². The van der Waals surface area contributed by atoms with Gasteiger partial charge in [-0.1, -0.05) is 61.8 Å². The van der Waals surface area contributed by atoms with Gasteiger partial charge in [-0.25, -0.2) is 4.98 Å². The third-order valence-corrected chi connectivity index (χ3v) is 4.93. The maximum absolute atomic E-state index is 11.8. The van der Waals surface area contributed by atoms with Crippen molar-refractivity contribution < 1.29 is 4.79 Å². The molecule has 0 saturated carbocycles. The van der Waals surface area contributed by atoms with Crippen molar-refractivity contribution in [2.75, 3.05) is 5.32 Å².